The first kappa shape index (κ1) is 14.1. The zero-order valence-electron chi connectivity index (χ0n) is 10.3. The molecule has 0 unspecified atom stereocenters. The van der Waals surface area contributed by atoms with Crippen molar-refractivity contribution in [3.63, 3.8) is 0 Å². The molecule has 0 heterocycles. The Kier molecular flexibility index (Phi) is 5.81. The molecule has 5 heteroatoms. The van der Waals surface area contributed by atoms with Crippen molar-refractivity contribution < 1.29 is 9.18 Å². The molecule has 0 aromatic heterocycles. The van der Waals surface area contributed by atoms with Gasteiger partial charge in [0.1, 0.15) is 5.82 Å². The van der Waals surface area contributed by atoms with Crippen LogP contribution in [-0.2, 0) is 11.3 Å². The second kappa shape index (κ2) is 7.41. The highest BCUT2D eigenvalue weighted by Gasteiger charge is 2.01. The standard InChI is InChI=1S/C13H16FN3O/c1-2-17-13(18)3-4-16-9-11-5-10(8-15)6-12(14)7-11/h5-7,16H,2-4,9H2,1H3,(H,17,18). The predicted molar refractivity (Wildman–Crippen MR) is 66.1 cm³/mol. The van der Waals surface area contributed by atoms with Gasteiger partial charge in [-0.1, -0.05) is 0 Å². The summed E-state index contributed by atoms with van der Waals surface area (Å²) in [5.41, 5.74) is 0.998. The number of carbonyl (C=O) groups excluding carboxylic acids is 1. The van der Waals surface area contributed by atoms with E-state index in [9.17, 15) is 9.18 Å². The van der Waals surface area contributed by atoms with Crippen LogP contribution in [0.1, 0.15) is 24.5 Å². The zero-order valence-corrected chi connectivity index (χ0v) is 10.3. The van der Waals surface area contributed by atoms with Crippen molar-refractivity contribution in [1.29, 1.82) is 5.26 Å². The highest BCUT2D eigenvalue weighted by Crippen LogP contribution is 2.08. The summed E-state index contributed by atoms with van der Waals surface area (Å²) in [7, 11) is 0. The van der Waals surface area contributed by atoms with E-state index in [1.165, 1.54) is 12.1 Å². The predicted octanol–water partition coefficient (Wildman–Crippen LogP) is 1.31. The zero-order chi connectivity index (χ0) is 13.4. The van der Waals surface area contributed by atoms with Crippen LogP contribution in [0.15, 0.2) is 18.2 Å². The van der Waals surface area contributed by atoms with Crippen molar-refractivity contribution in [3.8, 4) is 6.07 Å². The van der Waals surface area contributed by atoms with E-state index in [2.05, 4.69) is 10.6 Å². The highest BCUT2D eigenvalue weighted by molar-refractivity contribution is 5.75. The third-order valence-electron chi connectivity index (χ3n) is 2.32. The monoisotopic (exact) mass is 249 g/mol. The van der Waals surface area contributed by atoms with Gasteiger partial charge in [-0.15, -0.1) is 0 Å². The molecule has 0 saturated heterocycles. The number of hydrogen-bond donors (Lipinski definition) is 2. The first-order chi connectivity index (χ1) is 8.65. The molecular weight excluding hydrogens is 233 g/mol. The van der Waals surface area contributed by atoms with E-state index in [1.54, 1.807) is 6.07 Å². The first-order valence-corrected chi connectivity index (χ1v) is 5.82. The van der Waals surface area contributed by atoms with Crippen LogP contribution in [0.5, 0.6) is 0 Å². The van der Waals surface area contributed by atoms with Gasteiger partial charge in [0.15, 0.2) is 0 Å². The molecule has 0 aliphatic heterocycles. The van der Waals surface area contributed by atoms with Crippen LogP contribution in [0.25, 0.3) is 0 Å². The molecular formula is C13H16FN3O. The number of nitrogens with zero attached hydrogens (tertiary/aromatic N) is 1. The summed E-state index contributed by atoms with van der Waals surface area (Å²) < 4.78 is 13.1. The lowest BCUT2D eigenvalue weighted by Gasteiger charge is -2.06. The summed E-state index contributed by atoms with van der Waals surface area (Å²) in [5.74, 6) is -0.434. The number of benzene rings is 1. The second-order valence-corrected chi connectivity index (χ2v) is 3.84. The Balaban J connectivity index is 2.38. The fraction of sp³-hybridized carbons (Fsp3) is 0.385. The summed E-state index contributed by atoms with van der Waals surface area (Å²) in [5, 5.41) is 14.4. The maximum atomic E-state index is 13.1. The van der Waals surface area contributed by atoms with Gasteiger partial charge in [-0.05, 0) is 30.7 Å². The maximum absolute atomic E-state index is 13.1. The lowest BCUT2D eigenvalue weighted by molar-refractivity contribution is -0.120. The van der Waals surface area contributed by atoms with E-state index in [-0.39, 0.29) is 5.91 Å². The van der Waals surface area contributed by atoms with Gasteiger partial charge < -0.3 is 10.6 Å². The second-order valence-electron chi connectivity index (χ2n) is 3.84. The molecule has 0 aliphatic rings. The lowest BCUT2D eigenvalue weighted by Crippen LogP contribution is -2.27. The van der Waals surface area contributed by atoms with Crippen molar-refractivity contribution in [3.05, 3.63) is 35.1 Å². The summed E-state index contributed by atoms with van der Waals surface area (Å²) in [6, 6.07) is 6.10. The fourth-order valence-electron chi connectivity index (χ4n) is 1.54. The minimum absolute atomic E-state index is 0.0121. The summed E-state index contributed by atoms with van der Waals surface area (Å²) in [6.45, 7) is 3.44. The van der Waals surface area contributed by atoms with Gasteiger partial charge in [-0.2, -0.15) is 5.26 Å². The number of nitrogens with one attached hydrogen (secondary N) is 2. The van der Waals surface area contributed by atoms with Crippen LogP contribution in [0, 0.1) is 17.1 Å². The van der Waals surface area contributed by atoms with E-state index >= 15 is 0 Å². The molecule has 4 nitrogen and oxygen atoms in total. The van der Waals surface area contributed by atoms with Gasteiger partial charge in [0.2, 0.25) is 5.91 Å². The van der Waals surface area contributed by atoms with Crippen LogP contribution in [-0.4, -0.2) is 19.0 Å². The number of rotatable bonds is 6. The quantitative estimate of drug-likeness (QED) is 0.747. The smallest absolute Gasteiger partial charge is 0.221 e. The Labute approximate surface area is 106 Å². The molecule has 0 radical (unpaired) electrons. The molecule has 0 aliphatic carbocycles. The molecule has 96 valence electrons. The van der Waals surface area contributed by atoms with Crippen molar-refractivity contribution in [1.82, 2.24) is 10.6 Å². The Morgan fingerprint density at radius 3 is 2.89 bits per heavy atom. The Morgan fingerprint density at radius 1 is 1.44 bits per heavy atom. The minimum Gasteiger partial charge on any atom is -0.356 e. The Morgan fingerprint density at radius 2 is 2.22 bits per heavy atom. The molecule has 0 bridgehead atoms. The van der Waals surface area contributed by atoms with Crippen molar-refractivity contribution in [2.24, 2.45) is 0 Å². The van der Waals surface area contributed by atoms with E-state index in [0.717, 1.165) is 0 Å². The minimum atomic E-state index is -0.422. The van der Waals surface area contributed by atoms with Crippen molar-refractivity contribution >= 4 is 5.91 Å². The number of hydrogen-bond acceptors (Lipinski definition) is 3. The van der Waals surface area contributed by atoms with Crippen LogP contribution < -0.4 is 10.6 Å². The Hall–Kier alpha value is -1.93. The summed E-state index contributed by atoms with van der Waals surface area (Å²) in [6.07, 6.45) is 0.383. The Bertz CT molecular complexity index is 454. The van der Waals surface area contributed by atoms with E-state index < -0.39 is 5.82 Å². The SMILES string of the molecule is CCNC(=O)CCNCc1cc(F)cc(C#N)c1. The van der Waals surface area contributed by atoms with Crippen LogP contribution in [0.2, 0.25) is 0 Å². The molecule has 1 rings (SSSR count). The molecule has 0 spiro atoms. The van der Waals surface area contributed by atoms with E-state index in [0.29, 0.717) is 37.2 Å². The molecule has 2 N–H and O–H groups in total. The molecule has 0 atom stereocenters. The van der Waals surface area contributed by atoms with E-state index in [4.69, 9.17) is 5.26 Å². The van der Waals surface area contributed by atoms with E-state index in [1.807, 2.05) is 13.0 Å². The molecule has 1 amide bonds. The summed E-state index contributed by atoms with van der Waals surface area (Å²) in [4.78, 5) is 11.2. The normalized spacial score (nSPS) is 9.83. The number of amides is 1. The lowest BCUT2D eigenvalue weighted by atomic mass is 10.1. The largest absolute Gasteiger partial charge is 0.356 e. The van der Waals surface area contributed by atoms with Gasteiger partial charge in [0.05, 0.1) is 11.6 Å². The average Bonchev–Trinajstić information content (AvgIpc) is 2.34. The topological polar surface area (TPSA) is 64.9 Å². The van der Waals surface area contributed by atoms with Gasteiger partial charge in [-0.25, -0.2) is 4.39 Å². The van der Waals surface area contributed by atoms with Gasteiger partial charge in [0, 0.05) is 26.1 Å². The highest BCUT2D eigenvalue weighted by atomic mass is 19.1. The van der Waals surface area contributed by atoms with Crippen LogP contribution >= 0.6 is 0 Å². The summed E-state index contributed by atoms with van der Waals surface area (Å²) >= 11 is 0. The number of halogens is 1. The van der Waals surface area contributed by atoms with Crippen molar-refractivity contribution in [2.45, 2.75) is 19.9 Å². The van der Waals surface area contributed by atoms with Gasteiger partial charge in [0.25, 0.3) is 0 Å². The fourth-order valence-corrected chi connectivity index (χ4v) is 1.54. The average molecular weight is 249 g/mol. The molecule has 1 aromatic carbocycles. The van der Waals surface area contributed by atoms with Crippen LogP contribution in [0.3, 0.4) is 0 Å². The van der Waals surface area contributed by atoms with Crippen LogP contribution in [0.4, 0.5) is 4.39 Å². The van der Waals surface area contributed by atoms with Crippen molar-refractivity contribution in [2.75, 3.05) is 13.1 Å². The maximum Gasteiger partial charge on any atom is 0.221 e. The number of nitriles is 1. The van der Waals surface area contributed by atoms with Gasteiger partial charge >= 0.3 is 0 Å². The molecule has 1 aromatic rings. The first-order valence-electron chi connectivity index (χ1n) is 5.82. The molecule has 0 saturated carbocycles. The molecule has 0 fully saturated rings. The third kappa shape index (κ3) is 4.93. The number of carbonyl (C=O) groups is 1. The third-order valence-corrected chi connectivity index (χ3v) is 2.32. The van der Waals surface area contributed by atoms with Gasteiger partial charge in [-0.3, -0.25) is 4.79 Å². The molecule has 18 heavy (non-hydrogen) atoms.